The van der Waals surface area contributed by atoms with Crippen molar-refractivity contribution < 1.29 is 14.3 Å². The highest BCUT2D eigenvalue weighted by molar-refractivity contribution is 5.84. The fourth-order valence-electron chi connectivity index (χ4n) is 4.50. The largest absolute Gasteiger partial charge is 0.493 e. The third kappa shape index (κ3) is 3.98. The molecule has 2 fully saturated rings. The Labute approximate surface area is 162 Å². The molecule has 3 rings (SSSR count). The number of piperidine rings is 1. The lowest BCUT2D eigenvalue weighted by atomic mass is 9.78. The molecule has 0 radical (unpaired) electrons. The Morgan fingerprint density at radius 3 is 2.74 bits per heavy atom. The van der Waals surface area contributed by atoms with Crippen LogP contribution in [-0.2, 0) is 11.3 Å². The molecule has 1 unspecified atom stereocenters. The van der Waals surface area contributed by atoms with Crippen LogP contribution in [0.25, 0.3) is 0 Å². The first-order valence-electron chi connectivity index (χ1n) is 9.86. The summed E-state index contributed by atoms with van der Waals surface area (Å²) in [6, 6.07) is 5.87. The third-order valence-corrected chi connectivity index (χ3v) is 6.07. The number of likely N-dealkylation sites (tertiary alicyclic amines) is 2. The molecular formula is C22H32N2O3. The van der Waals surface area contributed by atoms with Crippen LogP contribution in [0.15, 0.2) is 29.8 Å². The second kappa shape index (κ2) is 8.34. The van der Waals surface area contributed by atoms with Gasteiger partial charge in [0.25, 0.3) is 0 Å². The summed E-state index contributed by atoms with van der Waals surface area (Å²) in [5.41, 5.74) is 2.16. The van der Waals surface area contributed by atoms with Gasteiger partial charge in [-0.3, -0.25) is 9.69 Å². The molecule has 2 saturated heterocycles. The normalized spacial score (nSPS) is 23.9. The number of rotatable bonds is 6. The minimum absolute atomic E-state index is 0.210. The van der Waals surface area contributed by atoms with Gasteiger partial charge in [0.1, 0.15) is 0 Å². The molecule has 2 aliphatic heterocycles. The van der Waals surface area contributed by atoms with E-state index < -0.39 is 0 Å². The van der Waals surface area contributed by atoms with E-state index in [2.05, 4.69) is 24.8 Å². The standard InChI is InChI=1S/C22H32N2O3/c1-5-17(2)14-23-13-11-22(16-23)10-7-12-24(21(22)25)15-18-8-6-9-19(26-3)20(18)27-4/h5-6,8-9H,7,10-16H2,1-4H3/b17-5+. The minimum Gasteiger partial charge on any atom is -0.493 e. The van der Waals surface area contributed by atoms with E-state index in [-0.39, 0.29) is 5.41 Å². The topological polar surface area (TPSA) is 42.0 Å². The van der Waals surface area contributed by atoms with Gasteiger partial charge < -0.3 is 14.4 Å². The molecule has 1 aromatic rings. The van der Waals surface area contributed by atoms with Crippen LogP contribution in [0.1, 0.15) is 38.7 Å². The van der Waals surface area contributed by atoms with Crippen molar-refractivity contribution in [2.45, 2.75) is 39.7 Å². The maximum absolute atomic E-state index is 13.4. The Morgan fingerprint density at radius 1 is 1.22 bits per heavy atom. The molecule has 27 heavy (non-hydrogen) atoms. The van der Waals surface area contributed by atoms with E-state index in [0.29, 0.717) is 18.2 Å². The lowest BCUT2D eigenvalue weighted by Gasteiger charge is -2.39. The van der Waals surface area contributed by atoms with Crippen LogP contribution in [0.2, 0.25) is 0 Å². The molecule has 5 heteroatoms. The summed E-state index contributed by atoms with van der Waals surface area (Å²) in [4.78, 5) is 17.9. The zero-order chi connectivity index (χ0) is 19.4. The molecule has 2 aliphatic rings. The van der Waals surface area contributed by atoms with Crippen LogP contribution in [0.3, 0.4) is 0 Å². The number of ether oxygens (including phenoxy) is 2. The fraction of sp³-hybridized carbons (Fsp3) is 0.591. The SMILES string of the molecule is C/C=C(\C)CN1CCC2(CCCN(Cc3cccc(OC)c3OC)C2=O)C1. The lowest BCUT2D eigenvalue weighted by molar-refractivity contribution is -0.146. The first-order valence-corrected chi connectivity index (χ1v) is 9.86. The average molecular weight is 373 g/mol. The number of carbonyl (C=O) groups excluding carboxylic acids is 1. The van der Waals surface area contributed by atoms with Crippen molar-refractivity contribution in [3.63, 3.8) is 0 Å². The van der Waals surface area contributed by atoms with Crippen LogP contribution in [0.5, 0.6) is 11.5 Å². The average Bonchev–Trinajstić information content (AvgIpc) is 3.08. The maximum atomic E-state index is 13.4. The highest BCUT2D eigenvalue weighted by atomic mass is 16.5. The molecule has 0 aromatic heterocycles. The van der Waals surface area contributed by atoms with Crippen LogP contribution in [0, 0.1) is 5.41 Å². The van der Waals surface area contributed by atoms with Crippen LogP contribution < -0.4 is 9.47 Å². The van der Waals surface area contributed by atoms with Gasteiger partial charge in [-0.2, -0.15) is 0 Å². The van der Waals surface area contributed by atoms with Gasteiger partial charge in [0.15, 0.2) is 11.5 Å². The third-order valence-electron chi connectivity index (χ3n) is 6.07. The van der Waals surface area contributed by atoms with E-state index in [1.165, 1.54) is 5.57 Å². The molecule has 5 nitrogen and oxygen atoms in total. The summed E-state index contributed by atoms with van der Waals surface area (Å²) in [6.45, 7) is 8.49. The Balaban J connectivity index is 1.75. The summed E-state index contributed by atoms with van der Waals surface area (Å²) in [5.74, 6) is 1.74. The molecule has 0 aliphatic carbocycles. The van der Waals surface area contributed by atoms with E-state index in [1.807, 2.05) is 23.1 Å². The Morgan fingerprint density at radius 2 is 2.04 bits per heavy atom. The van der Waals surface area contributed by atoms with Gasteiger partial charge in [-0.05, 0) is 45.7 Å². The summed E-state index contributed by atoms with van der Waals surface area (Å²) in [6.07, 6.45) is 5.20. The minimum atomic E-state index is -0.210. The molecule has 1 amide bonds. The van der Waals surface area contributed by atoms with Crippen LogP contribution >= 0.6 is 0 Å². The van der Waals surface area contributed by atoms with Gasteiger partial charge in [0.05, 0.1) is 19.6 Å². The maximum Gasteiger partial charge on any atom is 0.230 e. The van der Waals surface area contributed by atoms with Crippen molar-refractivity contribution in [3.05, 3.63) is 35.4 Å². The van der Waals surface area contributed by atoms with E-state index in [0.717, 1.165) is 56.8 Å². The summed E-state index contributed by atoms with van der Waals surface area (Å²) >= 11 is 0. The van der Waals surface area contributed by atoms with Gasteiger partial charge in [0, 0.05) is 31.7 Å². The first-order chi connectivity index (χ1) is 13.0. The first kappa shape index (κ1) is 19.7. The van der Waals surface area contributed by atoms with E-state index in [4.69, 9.17) is 9.47 Å². The number of nitrogens with zero attached hydrogens (tertiary/aromatic N) is 2. The Kier molecular flexibility index (Phi) is 6.10. The predicted octanol–water partition coefficient (Wildman–Crippen LogP) is 3.48. The van der Waals surface area contributed by atoms with Gasteiger partial charge >= 0.3 is 0 Å². The number of hydrogen-bond donors (Lipinski definition) is 0. The van der Waals surface area contributed by atoms with Crippen LogP contribution in [-0.4, -0.2) is 56.1 Å². The van der Waals surface area contributed by atoms with Crippen LogP contribution in [0.4, 0.5) is 0 Å². The molecule has 0 N–H and O–H groups in total. The molecule has 1 spiro atoms. The van der Waals surface area contributed by atoms with Crippen molar-refractivity contribution in [3.8, 4) is 11.5 Å². The van der Waals surface area contributed by atoms with Crippen molar-refractivity contribution >= 4 is 5.91 Å². The van der Waals surface area contributed by atoms with E-state index in [1.54, 1.807) is 14.2 Å². The number of amides is 1. The monoisotopic (exact) mass is 372 g/mol. The zero-order valence-corrected chi connectivity index (χ0v) is 17.1. The predicted molar refractivity (Wildman–Crippen MR) is 107 cm³/mol. The zero-order valence-electron chi connectivity index (χ0n) is 17.1. The highest BCUT2D eigenvalue weighted by Gasteiger charge is 2.48. The van der Waals surface area contributed by atoms with Gasteiger partial charge in [0.2, 0.25) is 5.91 Å². The number of methoxy groups -OCH3 is 2. The second-order valence-corrected chi connectivity index (χ2v) is 7.86. The Hall–Kier alpha value is -2.01. The summed E-state index contributed by atoms with van der Waals surface area (Å²) in [7, 11) is 3.29. The van der Waals surface area contributed by atoms with E-state index >= 15 is 0 Å². The molecule has 1 aromatic carbocycles. The van der Waals surface area contributed by atoms with E-state index in [9.17, 15) is 4.79 Å². The van der Waals surface area contributed by atoms with Crippen molar-refractivity contribution in [1.29, 1.82) is 0 Å². The van der Waals surface area contributed by atoms with Gasteiger partial charge in [-0.15, -0.1) is 0 Å². The quantitative estimate of drug-likeness (QED) is 0.717. The molecule has 1 atom stereocenters. The number of para-hydroxylation sites is 1. The number of allylic oxidation sites excluding steroid dienone is 1. The molecular weight excluding hydrogens is 340 g/mol. The number of hydrogen-bond acceptors (Lipinski definition) is 4. The molecule has 2 heterocycles. The highest BCUT2D eigenvalue weighted by Crippen LogP contribution is 2.41. The number of benzene rings is 1. The van der Waals surface area contributed by atoms with Crippen molar-refractivity contribution in [2.75, 3.05) is 40.4 Å². The second-order valence-electron chi connectivity index (χ2n) is 7.86. The number of carbonyl (C=O) groups is 1. The van der Waals surface area contributed by atoms with Crippen molar-refractivity contribution in [1.82, 2.24) is 9.80 Å². The molecule has 0 bridgehead atoms. The lowest BCUT2D eigenvalue weighted by Crippen LogP contribution is -2.49. The summed E-state index contributed by atoms with van der Waals surface area (Å²) < 4.78 is 11.0. The smallest absolute Gasteiger partial charge is 0.230 e. The van der Waals surface area contributed by atoms with Gasteiger partial charge in [-0.1, -0.05) is 23.8 Å². The summed E-state index contributed by atoms with van der Waals surface area (Å²) in [5, 5.41) is 0. The Bertz CT molecular complexity index is 716. The van der Waals surface area contributed by atoms with Crippen molar-refractivity contribution in [2.24, 2.45) is 5.41 Å². The molecule has 148 valence electrons. The molecule has 0 saturated carbocycles. The van der Waals surface area contributed by atoms with Gasteiger partial charge in [-0.25, -0.2) is 0 Å². The fourth-order valence-corrected chi connectivity index (χ4v) is 4.50.